The largest absolute Gasteiger partial charge is 0.439 e. The number of fused-ring (bicyclic) bond motifs is 1. The lowest BCUT2D eigenvalue weighted by Crippen LogP contribution is -2.22. The van der Waals surface area contributed by atoms with Gasteiger partial charge in [0.25, 0.3) is 0 Å². The van der Waals surface area contributed by atoms with E-state index < -0.39 is 0 Å². The second-order valence-corrected chi connectivity index (χ2v) is 6.66. The standard InChI is InChI=1S/C23H18FN3O/c24-20-5-3-4-19(12-20)15-27(14-18-10-8-17(13-25)9-11-18)16-23-26-21-6-1-2-7-22(21)28-23/h1-12H,14-16H2. The van der Waals surface area contributed by atoms with Crippen LogP contribution in [0.3, 0.4) is 0 Å². The van der Waals surface area contributed by atoms with Crippen LogP contribution in [0.2, 0.25) is 0 Å². The van der Waals surface area contributed by atoms with Gasteiger partial charge in [-0.2, -0.15) is 5.26 Å². The minimum Gasteiger partial charge on any atom is -0.439 e. The molecular weight excluding hydrogens is 353 g/mol. The molecule has 0 unspecified atom stereocenters. The summed E-state index contributed by atoms with van der Waals surface area (Å²) in [7, 11) is 0. The van der Waals surface area contributed by atoms with Crippen LogP contribution in [0.4, 0.5) is 4.39 Å². The summed E-state index contributed by atoms with van der Waals surface area (Å²) >= 11 is 0. The molecule has 1 heterocycles. The van der Waals surface area contributed by atoms with Crippen LogP contribution in [0, 0.1) is 17.1 Å². The van der Waals surface area contributed by atoms with Gasteiger partial charge in [-0.25, -0.2) is 9.37 Å². The summed E-state index contributed by atoms with van der Waals surface area (Å²) in [4.78, 5) is 6.69. The van der Waals surface area contributed by atoms with Gasteiger partial charge in [0, 0.05) is 13.1 Å². The van der Waals surface area contributed by atoms with Gasteiger partial charge in [-0.15, -0.1) is 0 Å². The molecule has 0 saturated heterocycles. The number of nitriles is 1. The van der Waals surface area contributed by atoms with Crippen molar-refractivity contribution in [3.05, 3.63) is 101 Å². The minimum atomic E-state index is -0.252. The van der Waals surface area contributed by atoms with E-state index >= 15 is 0 Å². The number of rotatable bonds is 6. The van der Waals surface area contributed by atoms with Crippen molar-refractivity contribution in [1.29, 1.82) is 5.26 Å². The second kappa shape index (κ2) is 8.03. The molecule has 3 aromatic carbocycles. The highest BCUT2D eigenvalue weighted by Crippen LogP contribution is 2.19. The van der Waals surface area contributed by atoms with E-state index in [1.807, 2.05) is 42.5 Å². The summed E-state index contributed by atoms with van der Waals surface area (Å²) in [6.45, 7) is 1.67. The Morgan fingerprint density at radius 2 is 1.68 bits per heavy atom. The molecule has 0 atom stereocenters. The Morgan fingerprint density at radius 1 is 0.893 bits per heavy atom. The van der Waals surface area contributed by atoms with Gasteiger partial charge in [-0.05, 0) is 47.5 Å². The number of para-hydroxylation sites is 2. The number of halogens is 1. The van der Waals surface area contributed by atoms with E-state index in [1.54, 1.807) is 18.2 Å². The lowest BCUT2D eigenvalue weighted by molar-refractivity contribution is 0.224. The predicted molar refractivity (Wildman–Crippen MR) is 105 cm³/mol. The van der Waals surface area contributed by atoms with Crippen LogP contribution < -0.4 is 0 Å². The lowest BCUT2D eigenvalue weighted by Gasteiger charge is -2.21. The molecule has 138 valence electrons. The molecule has 28 heavy (non-hydrogen) atoms. The normalized spacial score (nSPS) is 11.0. The topological polar surface area (TPSA) is 53.1 Å². The molecule has 0 bridgehead atoms. The Bertz CT molecular complexity index is 1100. The Hall–Kier alpha value is -3.49. The Labute approximate surface area is 162 Å². The Morgan fingerprint density at radius 3 is 2.43 bits per heavy atom. The van der Waals surface area contributed by atoms with Gasteiger partial charge in [0.05, 0.1) is 18.2 Å². The third-order valence-corrected chi connectivity index (χ3v) is 4.48. The van der Waals surface area contributed by atoms with E-state index in [4.69, 9.17) is 9.68 Å². The van der Waals surface area contributed by atoms with Gasteiger partial charge in [0.1, 0.15) is 11.3 Å². The monoisotopic (exact) mass is 371 g/mol. The average molecular weight is 371 g/mol. The minimum absolute atomic E-state index is 0.252. The summed E-state index contributed by atoms with van der Waals surface area (Å²) in [6, 6.07) is 23.8. The van der Waals surface area contributed by atoms with Gasteiger partial charge in [-0.3, -0.25) is 4.90 Å². The van der Waals surface area contributed by atoms with Gasteiger partial charge in [0.2, 0.25) is 5.89 Å². The summed E-state index contributed by atoms with van der Waals surface area (Å²) in [6.07, 6.45) is 0. The second-order valence-electron chi connectivity index (χ2n) is 6.66. The molecular formula is C23H18FN3O. The highest BCUT2D eigenvalue weighted by atomic mass is 19.1. The summed E-state index contributed by atoms with van der Waals surface area (Å²) in [5.74, 6) is 0.365. The average Bonchev–Trinajstić information content (AvgIpc) is 3.11. The molecule has 4 rings (SSSR count). The number of hydrogen-bond acceptors (Lipinski definition) is 4. The van der Waals surface area contributed by atoms with Crippen molar-refractivity contribution in [1.82, 2.24) is 9.88 Å². The van der Waals surface area contributed by atoms with E-state index in [1.165, 1.54) is 12.1 Å². The fraction of sp³-hybridized carbons (Fsp3) is 0.130. The highest BCUT2D eigenvalue weighted by molar-refractivity contribution is 5.72. The van der Waals surface area contributed by atoms with Crippen molar-refractivity contribution in [3.8, 4) is 6.07 Å². The van der Waals surface area contributed by atoms with Crippen molar-refractivity contribution in [2.24, 2.45) is 0 Å². The molecule has 5 heteroatoms. The number of oxazole rings is 1. The number of benzene rings is 3. The van der Waals surface area contributed by atoms with Crippen LogP contribution in [0.15, 0.2) is 77.2 Å². The zero-order valence-electron chi connectivity index (χ0n) is 15.2. The summed E-state index contributed by atoms with van der Waals surface area (Å²) in [5.41, 5.74) is 4.14. The number of hydrogen-bond donors (Lipinski definition) is 0. The maximum Gasteiger partial charge on any atom is 0.209 e. The molecule has 0 radical (unpaired) electrons. The van der Waals surface area contributed by atoms with E-state index in [0.717, 1.165) is 22.2 Å². The van der Waals surface area contributed by atoms with Crippen LogP contribution in [0.5, 0.6) is 0 Å². The molecule has 0 amide bonds. The third-order valence-electron chi connectivity index (χ3n) is 4.48. The smallest absolute Gasteiger partial charge is 0.209 e. The fourth-order valence-electron chi connectivity index (χ4n) is 3.18. The quantitative estimate of drug-likeness (QED) is 0.476. The summed E-state index contributed by atoms with van der Waals surface area (Å²) < 4.78 is 19.5. The first-order valence-electron chi connectivity index (χ1n) is 9.00. The summed E-state index contributed by atoms with van der Waals surface area (Å²) in [5, 5.41) is 8.98. The van der Waals surface area contributed by atoms with Gasteiger partial charge < -0.3 is 4.42 Å². The highest BCUT2D eigenvalue weighted by Gasteiger charge is 2.13. The molecule has 0 N–H and O–H groups in total. The van der Waals surface area contributed by atoms with E-state index in [-0.39, 0.29) is 5.82 Å². The molecule has 0 aliphatic heterocycles. The van der Waals surface area contributed by atoms with Crippen molar-refractivity contribution >= 4 is 11.1 Å². The van der Waals surface area contributed by atoms with Crippen LogP contribution in [0.1, 0.15) is 22.6 Å². The van der Waals surface area contributed by atoms with E-state index in [9.17, 15) is 4.39 Å². The fourth-order valence-corrected chi connectivity index (χ4v) is 3.18. The molecule has 0 spiro atoms. The van der Waals surface area contributed by atoms with E-state index in [0.29, 0.717) is 31.1 Å². The molecule has 0 fully saturated rings. The maximum absolute atomic E-state index is 13.6. The van der Waals surface area contributed by atoms with Crippen LogP contribution in [-0.2, 0) is 19.6 Å². The molecule has 1 aromatic heterocycles. The van der Waals surface area contributed by atoms with Gasteiger partial charge >= 0.3 is 0 Å². The molecule has 0 aliphatic carbocycles. The molecule has 0 saturated carbocycles. The van der Waals surface area contributed by atoms with Crippen molar-refractivity contribution in [3.63, 3.8) is 0 Å². The zero-order valence-corrected chi connectivity index (χ0v) is 15.2. The Kier molecular flexibility index (Phi) is 5.14. The van der Waals surface area contributed by atoms with Gasteiger partial charge in [0.15, 0.2) is 5.58 Å². The first-order chi connectivity index (χ1) is 13.7. The SMILES string of the molecule is N#Cc1ccc(CN(Cc2cccc(F)c2)Cc2nc3ccccc3o2)cc1. The molecule has 4 nitrogen and oxygen atoms in total. The maximum atomic E-state index is 13.6. The van der Waals surface area contributed by atoms with Crippen molar-refractivity contribution in [2.75, 3.05) is 0 Å². The number of aromatic nitrogens is 1. The molecule has 4 aromatic rings. The van der Waals surface area contributed by atoms with Crippen molar-refractivity contribution < 1.29 is 8.81 Å². The van der Waals surface area contributed by atoms with Crippen LogP contribution in [-0.4, -0.2) is 9.88 Å². The predicted octanol–water partition coefficient (Wildman–Crippen LogP) is 5.04. The van der Waals surface area contributed by atoms with Crippen LogP contribution >= 0.6 is 0 Å². The zero-order chi connectivity index (χ0) is 19.3. The van der Waals surface area contributed by atoms with E-state index in [2.05, 4.69) is 16.0 Å². The van der Waals surface area contributed by atoms with Crippen molar-refractivity contribution in [2.45, 2.75) is 19.6 Å². The first kappa shape index (κ1) is 17.9. The number of nitrogens with zero attached hydrogens (tertiary/aromatic N) is 3. The molecule has 0 aliphatic rings. The Balaban J connectivity index is 1.58. The van der Waals surface area contributed by atoms with Crippen LogP contribution in [0.25, 0.3) is 11.1 Å². The third kappa shape index (κ3) is 4.25. The first-order valence-corrected chi connectivity index (χ1v) is 9.00. The van der Waals surface area contributed by atoms with Gasteiger partial charge in [-0.1, -0.05) is 36.4 Å². The lowest BCUT2D eigenvalue weighted by atomic mass is 10.1.